The van der Waals surface area contributed by atoms with E-state index in [1.807, 2.05) is 12.1 Å². The Labute approximate surface area is 132 Å². The molecule has 6 nitrogen and oxygen atoms in total. The third kappa shape index (κ3) is 5.61. The van der Waals surface area contributed by atoms with Gasteiger partial charge in [-0.05, 0) is 39.1 Å². The van der Waals surface area contributed by atoms with E-state index in [-0.39, 0.29) is 5.91 Å². The smallest absolute Gasteiger partial charge is 0.234 e. The van der Waals surface area contributed by atoms with Crippen molar-refractivity contribution in [1.29, 1.82) is 0 Å². The molecule has 1 aliphatic rings. The molecule has 1 amide bonds. The molecule has 0 saturated carbocycles. The van der Waals surface area contributed by atoms with Crippen molar-refractivity contribution in [2.24, 2.45) is 0 Å². The van der Waals surface area contributed by atoms with Gasteiger partial charge in [0, 0.05) is 44.6 Å². The van der Waals surface area contributed by atoms with Gasteiger partial charge >= 0.3 is 0 Å². The summed E-state index contributed by atoms with van der Waals surface area (Å²) >= 11 is 0. The highest BCUT2D eigenvalue weighted by molar-refractivity contribution is 5.78. The highest BCUT2D eigenvalue weighted by Crippen LogP contribution is 2.12. The molecule has 0 spiro atoms. The topological polar surface area (TPSA) is 60.5 Å². The van der Waals surface area contributed by atoms with Gasteiger partial charge < -0.3 is 15.5 Å². The number of likely N-dealkylation sites (N-methyl/N-ethyl adjacent to an activating group) is 1. The Morgan fingerprint density at radius 3 is 3.00 bits per heavy atom. The Balaban J connectivity index is 1.53. The van der Waals surface area contributed by atoms with Crippen LogP contribution < -0.4 is 10.6 Å². The third-order valence-electron chi connectivity index (χ3n) is 4.01. The number of nitrogens with zero attached hydrogens (tertiary/aromatic N) is 3. The molecule has 6 heteroatoms. The second-order valence-corrected chi connectivity index (χ2v) is 6.01. The number of hydrogen-bond donors (Lipinski definition) is 2. The maximum atomic E-state index is 11.9. The van der Waals surface area contributed by atoms with Gasteiger partial charge in [-0.25, -0.2) is 0 Å². The molecule has 1 aromatic heterocycles. The fourth-order valence-electron chi connectivity index (χ4n) is 2.65. The van der Waals surface area contributed by atoms with Crippen molar-refractivity contribution in [3.8, 4) is 0 Å². The Hall–Kier alpha value is -1.66. The van der Waals surface area contributed by atoms with Crippen LogP contribution in [0.3, 0.4) is 0 Å². The van der Waals surface area contributed by atoms with E-state index < -0.39 is 0 Å². The second-order valence-electron chi connectivity index (χ2n) is 6.01. The molecule has 1 atom stereocenters. The molecule has 2 rings (SSSR count). The monoisotopic (exact) mass is 305 g/mol. The van der Waals surface area contributed by atoms with Gasteiger partial charge in [0.1, 0.15) is 0 Å². The van der Waals surface area contributed by atoms with Crippen LogP contribution in [-0.2, 0) is 4.79 Å². The molecule has 2 N–H and O–H groups in total. The molecule has 0 radical (unpaired) electrons. The molecule has 1 aromatic rings. The quantitative estimate of drug-likeness (QED) is 0.690. The molecule has 2 heterocycles. The summed E-state index contributed by atoms with van der Waals surface area (Å²) in [5.41, 5.74) is 1.01. The van der Waals surface area contributed by atoms with Gasteiger partial charge in [0.25, 0.3) is 0 Å². The first-order valence-corrected chi connectivity index (χ1v) is 7.94. The lowest BCUT2D eigenvalue weighted by atomic mass is 10.2. The molecular weight excluding hydrogens is 278 g/mol. The number of amides is 1. The Morgan fingerprint density at radius 2 is 2.32 bits per heavy atom. The van der Waals surface area contributed by atoms with Crippen LogP contribution in [0.25, 0.3) is 0 Å². The van der Waals surface area contributed by atoms with Crippen LogP contribution in [0, 0.1) is 0 Å². The van der Waals surface area contributed by atoms with E-state index in [1.54, 1.807) is 12.4 Å². The summed E-state index contributed by atoms with van der Waals surface area (Å²) in [7, 11) is 4.20. The van der Waals surface area contributed by atoms with Gasteiger partial charge in [-0.1, -0.05) is 0 Å². The van der Waals surface area contributed by atoms with Crippen LogP contribution in [-0.4, -0.2) is 73.6 Å². The number of rotatable bonds is 8. The fourth-order valence-corrected chi connectivity index (χ4v) is 2.65. The number of nitrogens with one attached hydrogen (secondary N) is 2. The highest BCUT2D eigenvalue weighted by Gasteiger charge is 2.24. The van der Waals surface area contributed by atoms with Crippen molar-refractivity contribution < 1.29 is 4.79 Å². The van der Waals surface area contributed by atoms with E-state index in [0.717, 1.165) is 38.2 Å². The van der Waals surface area contributed by atoms with Crippen molar-refractivity contribution in [2.75, 3.05) is 52.1 Å². The number of carbonyl (C=O) groups excluding carboxylic acids is 1. The minimum Gasteiger partial charge on any atom is -0.384 e. The number of hydrogen-bond acceptors (Lipinski definition) is 5. The Morgan fingerprint density at radius 1 is 1.45 bits per heavy atom. The second kappa shape index (κ2) is 8.70. The van der Waals surface area contributed by atoms with E-state index in [4.69, 9.17) is 0 Å². The summed E-state index contributed by atoms with van der Waals surface area (Å²) in [5, 5.41) is 6.27. The lowest BCUT2D eigenvalue weighted by Gasteiger charge is -2.20. The third-order valence-corrected chi connectivity index (χ3v) is 4.01. The Bertz CT molecular complexity index is 451. The largest absolute Gasteiger partial charge is 0.384 e. The molecule has 1 saturated heterocycles. The highest BCUT2D eigenvalue weighted by atomic mass is 16.2. The molecule has 1 aliphatic heterocycles. The van der Waals surface area contributed by atoms with E-state index in [0.29, 0.717) is 19.1 Å². The molecular formula is C16H27N5O. The number of carbonyl (C=O) groups is 1. The van der Waals surface area contributed by atoms with Gasteiger partial charge in [0.2, 0.25) is 5.91 Å². The minimum atomic E-state index is 0.126. The standard InChI is InChI=1S/C16H27N5O/c1-20(2)15-6-10-21(12-15)13-16(22)19-9-4-8-18-14-5-3-7-17-11-14/h3,5,7,11,15,18H,4,6,8-10,12-13H2,1-2H3,(H,19,22)/t15-/m1/s1. The van der Waals surface area contributed by atoms with Crippen molar-refractivity contribution in [3.05, 3.63) is 24.5 Å². The normalized spacial score (nSPS) is 18.6. The van der Waals surface area contributed by atoms with Crippen molar-refractivity contribution in [3.63, 3.8) is 0 Å². The molecule has 0 aliphatic carbocycles. The SMILES string of the molecule is CN(C)[C@@H]1CCN(CC(=O)NCCCNc2cccnc2)C1. The van der Waals surface area contributed by atoms with Gasteiger partial charge in [0.05, 0.1) is 12.2 Å². The summed E-state index contributed by atoms with van der Waals surface area (Å²) in [6.45, 7) is 4.05. The van der Waals surface area contributed by atoms with E-state index in [2.05, 4.69) is 39.5 Å². The van der Waals surface area contributed by atoms with Gasteiger partial charge in [-0.3, -0.25) is 14.7 Å². The number of pyridine rings is 1. The number of aromatic nitrogens is 1. The van der Waals surface area contributed by atoms with Crippen LogP contribution in [0.1, 0.15) is 12.8 Å². The summed E-state index contributed by atoms with van der Waals surface area (Å²) in [5.74, 6) is 0.126. The van der Waals surface area contributed by atoms with Crippen molar-refractivity contribution in [1.82, 2.24) is 20.1 Å². The first-order chi connectivity index (χ1) is 10.6. The van der Waals surface area contributed by atoms with Crippen LogP contribution in [0.15, 0.2) is 24.5 Å². The van der Waals surface area contributed by atoms with Crippen LogP contribution in [0.4, 0.5) is 5.69 Å². The van der Waals surface area contributed by atoms with E-state index >= 15 is 0 Å². The zero-order valence-corrected chi connectivity index (χ0v) is 13.6. The molecule has 0 unspecified atom stereocenters. The zero-order valence-electron chi connectivity index (χ0n) is 13.6. The molecule has 0 aromatic carbocycles. The van der Waals surface area contributed by atoms with Crippen molar-refractivity contribution in [2.45, 2.75) is 18.9 Å². The van der Waals surface area contributed by atoms with Crippen LogP contribution in [0.2, 0.25) is 0 Å². The lowest BCUT2D eigenvalue weighted by Crippen LogP contribution is -2.38. The fraction of sp³-hybridized carbons (Fsp3) is 0.625. The van der Waals surface area contributed by atoms with Crippen LogP contribution in [0.5, 0.6) is 0 Å². The average molecular weight is 305 g/mol. The summed E-state index contributed by atoms with van der Waals surface area (Å²) < 4.78 is 0. The zero-order chi connectivity index (χ0) is 15.8. The minimum absolute atomic E-state index is 0.126. The molecule has 22 heavy (non-hydrogen) atoms. The summed E-state index contributed by atoms with van der Waals surface area (Å²) in [6, 6.07) is 4.47. The lowest BCUT2D eigenvalue weighted by molar-refractivity contribution is -0.122. The van der Waals surface area contributed by atoms with Crippen LogP contribution >= 0.6 is 0 Å². The van der Waals surface area contributed by atoms with E-state index in [1.165, 1.54) is 0 Å². The first kappa shape index (κ1) is 16.7. The van der Waals surface area contributed by atoms with E-state index in [9.17, 15) is 4.79 Å². The maximum Gasteiger partial charge on any atom is 0.234 e. The first-order valence-electron chi connectivity index (χ1n) is 7.94. The summed E-state index contributed by atoms with van der Waals surface area (Å²) in [6.07, 6.45) is 5.61. The van der Waals surface area contributed by atoms with Gasteiger partial charge in [0.15, 0.2) is 0 Å². The average Bonchev–Trinajstić information content (AvgIpc) is 2.96. The predicted octanol–water partition coefficient (Wildman–Crippen LogP) is 0.636. The van der Waals surface area contributed by atoms with Gasteiger partial charge in [-0.15, -0.1) is 0 Å². The number of likely N-dealkylation sites (tertiary alicyclic amines) is 1. The number of anilines is 1. The molecule has 1 fully saturated rings. The van der Waals surface area contributed by atoms with Crippen molar-refractivity contribution >= 4 is 11.6 Å². The molecule has 122 valence electrons. The summed E-state index contributed by atoms with van der Waals surface area (Å²) in [4.78, 5) is 20.4. The Kier molecular flexibility index (Phi) is 6.61. The predicted molar refractivity (Wildman–Crippen MR) is 88.9 cm³/mol. The molecule has 0 bridgehead atoms. The maximum absolute atomic E-state index is 11.9. The van der Waals surface area contributed by atoms with Gasteiger partial charge in [-0.2, -0.15) is 0 Å².